The van der Waals surface area contributed by atoms with Gasteiger partial charge >= 0.3 is 0 Å². The minimum atomic E-state index is -0.570. The highest BCUT2D eigenvalue weighted by Gasteiger charge is 2.16. The van der Waals surface area contributed by atoms with E-state index in [1.165, 1.54) is 11.1 Å². The molecule has 2 aromatic heterocycles. The first-order valence-corrected chi connectivity index (χ1v) is 9.73. The molecule has 8 heteroatoms. The summed E-state index contributed by atoms with van der Waals surface area (Å²) in [4.78, 5) is 23.0. The van der Waals surface area contributed by atoms with Crippen molar-refractivity contribution < 1.29 is 4.79 Å². The summed E-state index contributed by atoms with van der Waals surface area (Å²) in [6.45, 7) is 8.33. The first-order valence-electron chi connectivity index (χ1n) is 9.73. The number of nitrogens with one attached hydrogen (secondary N) is 2. The number of amides is 1. The van der Waals surface area contributed by atoms with Crippen LogP contribution in [0.5, 0.6) is 0 Å². The highest BCUT2D eigenvalue weighted by Crippen LogP contribution is 2.21. The third kappa shape index (κ3) is 4.77. The molecule has 0 fully saturated rings. The number of H-pyrrole nitrogens is 1. The van der Waals surface area contributed by atoms with E-state index in [4.69, 9.17) is 0 Å². The molecule has 3 aromatic rings. The highest BCUT2D eigenvalue weighted by atomic mass is 16.3. The van der Waals surface area contributed by atoms with Crippen molar-refractivity contribution in [1.29, 1.82) is 0 Å². The van der Waals surface area contributed by atoms with Crippen LogP contribution in [-0.4, -0.2) is 31.9 Å². The zero-order valence-corrected chi connectivity index (χ0v) is 17.1. The Morgan fingerprint density at radius 1 is 1.28 bits per heavy atom. The van der Waals surface area contributed by atoms with Gasteiger partial charge in [-0.25, -0.2) is 0 Å². The van der Waals surface area contributed by atoms with Gasteiger partial charge in [0.05, 0.1) is 17.9 Å². The van der Waals surface area contributed by atoms with Gasteiger partial charge in [0, 0.05) is 17.8 Å². The Bertz CT molecular complexity index is 1010. The fraction of sp³-hybridized carbons (Fsp3) is 0.381. The van der Waals surface area contributed by atoms with Crippen LogP contribution in [0, 0.1) is 11.8 Å². The number of carbonyl (C=O) groups excluding carboxylic acids is 1. The molecule has 0 aliphatic carbocycles. The van der Waals surface area contributed by atoms with Crippen LogP contribution in [-0.2, 0) is 13.0 Å². The molecule has 0 radical (unpaired) electrons. The lowest BCUT2D eigenvalue weighted by Gasteiger charge is -2.13. The van der Waals surface area contributed by atoms with Gasteiger partial charge in [-0.2, -0.15) is 15.1 Å². The Labute approximate surface area is 169 Å². The molecule has 1 aromatic carbocycles. The third-order valence-electron chi connectivity index (χ3n) is 4.94. The summed E-state index contributed by atoms with van der Waals surface area (Å²) < 4.78 is 1.82. The van der Waals surface area contributed by atoms with Gasteiger partial charge in [0.1, 0.15) is 11.7 Å². The Balaban J connectivity index is 1.63. The van der Waals surface area contributed by atoms with Crippen molar-refractivity contribution in [2.45, 2.75) is 52.7 Å². The van der Waals surface area contributed by atoms with Crippen molar-refractivity contribution in [3.63, 3.8) is 0 Å². The molecule has 0 bridgehead atoms. The Morgan fingerprint density at radius 2 is 2.07 bits per heavy atom. The number of carbonyl (C=O) groups is 1. The Morgan fingerprint density at radius 3 is 2.79 bits per heavy atom. The van der Waals surface area contributed by atoms with Crippen LogP contribution in [0.3, 0.4) is 0 Å². The minimum absolute atomic E-state index is 0.152. The number of hydrogen-bond acceptors (Lipinski definition) is 5. The summed E-state index contributed by atoms with van der Waals surface area (Å²) >= 11 is 0. The quantitative estimate of drug-likeness (QED) is 0.567. The average molecular weight is 394 g/mol. The van der Waals surface area contributed by atoms with Gasteiger partial charge in [-0.3, -0.25) is 14.6 Å². The summed E-state index contributed by atoms with van der Waals surface area (Å²) in [5, 5.41) is 17.1. The van der Waals surface area contributed by atoms with Crippen molar-refractivity contribution in [1.82, 2.24) is 25.3 Å². The van der Waals surface area contributed by atoms with Gasteiger partial charge in [-0.1, -0.05) is 24.2 Å². The molecular formula is C21H26N6O2. The standard InChI is InChI=1S/C21H26N6O2/c1-5-16-10-17(7-6-13(16)2)18-8-9-27(25-18)12-14(3)22-21(28)20-11-19(23-24-20)15(4)26-29/h6-11,14-15H,5,12H2,1-4H3,(H,22,28)(H,23,24)/t14-,15?/m0/s1. The fourth-order valence-corrected chi connectivity index (χ4v) is 3.18. The van der Waals surface area contributed by atoms with Crippen LogP contribution in [0.15, 0.2) is 41.7 Å². The van der Waals surface area contributed by atoms with Crippen molar-refractivity contribution >= 4 is 5.91 Å². The zero-order valence-electron chi connectivity index (χ0n) is 17.1. The van der Waals surface area contributed by atoms with Crippen molar-refractivity contribution in [3.05, 3.63) is 64.0 Å². The van der Waals surface area contributed by atoms with Crippen LogP contribution < -0.4 is 5.32 Å². The summed E-state index contributed by atoms with van der Waals surface area (Å²) in [5.74, 6) is -0.309. The van der Waals surface area contributed by atoms with Gasteiger partial charge in [0.2, 0.25) is 0 Å². The summed E-state index contributed by atoms with van der Waals surface area (Å²) in [6.07, 6.45) is 2.90. The molecule has 0 aliphatic heterocycles. The molecule has 1 amide bonds. The van der Waals surface area contributed by atoms with Gasteiger partial charge < -0.3 is 5.32 Å². The fourth-order valence-electron chi connectivity index (χ4n) is 3.18. The largest absolute Gasteiger partial charge is 0.346 e. The molecule has 152 valence electrons. The van der Waals surface area contributed by atoms with E-state index in [0.29, 0.717) is 12.2 Å². The molecule has 0 spiro atoms. The summed E-state index contributed by atoms with van der Waals surface area (Å²) in [6, 6.07) is 9.18. The van der Waals surface area contributed by atoms with E-state index >= 15 is 0 Å². The number of aromatic nitrogens is 4. The van der Waals surface area contributed by atoms with E-state index in [1.807, 2.05) is 23.9 Å². The van der Waals surface area contributed by atoms with Gasteiger partial charge in [0.25, 0.3) is 5.91 Å². The molecule has 0 saturated carbocycles. The Hall–Kier alpha value is -3.29. The van der Waals surface area contributed by atoms with Crippen LogP contribution in [0.4, 0.5) is 0 Å². The number of nitroso groups, excluding NO2 is 1. The van der Waals surface area contributed by atoms with E-state index in [-0.39, 0.29) is 17.6 Å². The monoisotopic (exact) mass is 394 g/mol. The average Bonchev–Trinajstić information content (AvgIpc) is 3.37. The van der Waals surface area contributed by atoms with Gasteiger partial charge in [0.15, 0.2) is 0 Å². The molecule has 0 aliphatic rings. The maximum absolute atomic E-state index is 12.4. The second kappa shape index (κ2) is 8.81. The first kappa shape index (κ1) is 20.4. The van der Waals surface area contributed by atoms with E-state index in [9.17, 15) is 9.70 Å². The number of hydrogen-bond donors (Lipinski definition) is 2. The van der Waals surface area contributed by atoms with Crippen LogP contribution in [0.25, 0.3) is 11.3 Å². The number of nitrogens with zero attached hydrogens (tertiary/aromatic N) is 4. The zero-order chi connectivity index (χ0) is 21.0. The second-order valence-electron chi connectivity index (χ2n) is 7.28. The van der Waals surface area contributed by atoms with E-state index in [2.05, 4.69) is 57.8 Å². The number of aromatic amines is 1. The Kier molecular flexibility index (Phi) is 6.21. The molecular weight excluding hydrogens is 368 g/mol. The molecule has 8 nitrogen and oxygen atoms in total. The molecule has 3 rings (SSSR count). The van der Waals surface area contributed by atoms with E-state index in [0.717, 1.165) is 17.7 Å². The highest BCUT2D eigenvalue weighted by molar-refractivity contribution is 5.92. The normalized spacial score (nSPS) is 13.1. The smallest absolute Gasteiger partial charge is 0.272 e. The van der Waals surface area contributed by atoms with Crippen LogP contribution >= 0.6 is 0 Å². The molecule has 2 N–H and O–H groups in total. The number of benzene rings is 1. The van der Waals surface area contributed by atoms with Crippen molar-refractivity contribution in [3.8, 4) is 11.3 Å². The number of rotatable bonds is 8. The minimum Gasteiger partial charge on any atom is -0.346 e. The van der Waals surface area contributed by atoms with Gasteiger partial charge in [-0.15, -0.1) is 0 Å². The SMILES string of the molecule is CCc1cc(-c2ccn(C[C@H](C)NC(=O)c3cc(C(C)N=O)[nH]n3)n2)ccc1C. The van der Waals surface area contributed by atoms with Crippen LogP contribution in [0.2, 0.25) is 0 Å². The molecule has 2 atom stereocenters. The van der Waals surface area contributed by atoms with Crippen LogP contribution in [0.1, 0.15) is 54.1 Å². The topological polar surface area (TPSA) is 105 Å². The molecule has 2 heterocycles. The predicted molar refractivity (Wildman–Crippen MR) is 112 cm³/mol. The molecule has 1 unspecified atom stereocenters. The van der Waals surface area contributed by atoms with Gasteiger partial charge in [-0.05, 0) is 56.5 Å². The second-order valence-corrected chi connectivity index (χ2v) is 7.28. The number of aryl methyl sites for hydroxylation is 2. The maximum atomic E-state index is 12.4. The lowest BCUT2D eigenvalue weighted by Crippen LogP contribution is -2.36. The first-order chi connectivity index (χ1) is 13.9. The van der Waals surface area contributed by atoms with Crippen molar-refractivity contribution in [2.24, 2.45) is 5.18 Å². The third-order valence-corrected chi connectivity index (χ3v) is 4.94. The summed E-state index contributed by atoms with van der Waals surface area (Å²) in [5.41, 5.74) is 5.34. The molecule has 0 saturated heterocycles. The lowest BCUT2D eigenvalue weighted by atomic mass is 10.0. The maximum Gasteiger partial charge on any atom is 0.272 e. The van der Waals surface area contributed by atoms with E-state index in [1.54, 1.807) is 13.0 Å². The molecule has 29 heavy (non-hydrogen) atoms. The summed E-state index contributed by atoms with van der Waals surface area (Å²) in [7, 11) is 0. The van der Waals surface area contributed by atoms with Crippen molar-refractivity contribution in [2.75, 3.05) is 0 Å². The predicted octanol–water partition coefficient (Wildman–Crippen LogP) is 3.79. The lowest BCUT2D eigenvalue weighted by molar-refractivity contribution is 0.0931. The van der Waals surface area contributed by atoms with E-state index < -0.39 is 6.04 Å².